The number of ether oxygens (including phenoxy) is 1. The van der Waals surface area contributed by atoms with Crippen molar-refractivity contribution in [2.75, 3.05) is 0 Å². The fourth-order valence-corrected chi connectivity index (χ4v) is 1.76. The van der Waals surface area contributed by atoms with E-state index in [0.29, 0.717) is 16.3 Å². The molecule has 0 unspecified atom stereocenters. The van der Waals surface area contributed by atoms with Crippen LogP contribution in [0.3, 0.4) is 0 Å². The largest absolute Gasteiger partial charge is 0.508 e. The molecule has 0 saturated carbocycles. The van der Waals surface area contributed by atoms with E-state index >= 15 is 0 Å². The highest BCUT2D eigenvalue weighted by atomic mass is 35.5. The minimum atomic E-state index is -0.520. The van der Waals surface area contributed by atoms with E-state index in [0.717, 1.165) is 5.56 Å². The van der Waals surface area contributed by atoms with E-state index in [4.69, 9.17) is 27.2 Å². The van der Waals surface area contributed by atoms with E-state index in [1.165, 1.54) is 18.2 Å². The van der Waals surface area contributed by atoms with Crippen LogP contribution in [0, 0.1) is 0 Å². The molecule has 2 aromatic rings. The van der Waals surface area contributed by atoms with Gasteiger partial charge in [0.05, 0.1) is 0 Å². The Morgan fingerprint density at radius 3 is 2.47 bits per heavy atom. The minimum Gasteiger partial charge on any atom is -0.508 e. The lowest BCUT2D eigenvalue weighted by Gasteiger charge is -2.08. The highest BCUT2D eigenvalue weighted by Gasteiger charge is 2.06. The van der Waals surface area contributed by atoms with Crippen molar-refractivity contribution >= 4 is 17.5 Å². The third-order valence-corrected chi connectivity index (χ3v) is 2.92. The molecule has 0 radical (unpaired) electrons. The van der Waals surface area contributed by atoms with Gasteiger partial charge in [0.2, 0.25) is 5.91 Å². The molecule has 5 heteroatoms. The zero-order valence-corrected chi connectivity index (χ0v) is 10.7. The Hall–Kier alpha value is -2.20. The normalized spacial score (nSPS) is 10.2. The van der Waals surface area contributed by atoms with Gasteiger partial charge in [-0.15, -0.1) is 0 Å². The summed E-state index contributed by atoms with van der Waals surface area (Å²) in [7, 11) is 0. The molecule has 4 nitrogen and oxygen atoms in total. The van der Waals surface area contributed by atoms with Crippen LogP contribution in [0.5, 0.6) is 11.5 Å². The Morgan fingerprint density at radius 2 is 1.89 bits per heavy atom. The van der Waals surface area contributed by atoms with E-state index in [-0.39, 0.29) is 12.4 Å². The van der Waals surface area contributed by atoms with Crippen LogP contribution in [0.4, 0.5) is 0 Å². The molecule has 0 heterocycles. The number of aromatic hydroxyl groups is 1. The summed E-state index contributed by atoms with van der Waals surface area (Å²) in [6.07, 6.45) is 0. The lowest BCUT2D eigenvalue weighted by Crippen LogP contribution is -2.11. The van der Waals surface area contributed by atoms with Crippen molar-refractivity contribution in [3.05, 3.63) is 58.6 Å². The maximum Gasteiger partial charge on any atom is 0.248 e. The number of amides is 1. The van der Waals surface area contributed by atoms with Gasteiger partial charge in [0.15, 0.2) is 0 Å². The number of carbonyl (C=O) groups excluding carboxylic acids is 1. The summed E-state index contributed by atoms with van der Waals surface area (Å²) in [6, 6.07) is 11.2. The van der Waals surface area contributed by atoms with Crippen LogP contribution in [0.25, 0.3) is 0 Å². The fourth-order valence-electron chi connectivity index (χ4n) is 1.52. The lowest BCUT2D eigenvalue weighted by atomic mass is 10.1. The topological polar surface area (TPSA) is 72.6 Å². The van der Waals surface area contributed by atoms with Crippen LogP contribution < -0.4 is 10.5 Å². The SMILES string of the molecule is NC(=O)c1ccc(COc2ccc(O)cc2)c(Cl)c1. The third-order valence-electron chi connectivity index (χ3n) is 2.57. The smallest absolute Gasteiger partial charge is 0.248 e. The first-order chi connectivity index (χ1) is 9.06. The van der Waals surface area contributed by atoms with E-state index in [9.17, 15) is 4.79 Å². The van der Waals surface area contributed by atoms with Gasteiger partial charge >= 0.3 is 0 Å². The maximum atomic E-state index is 11.0. The van der Waals surface area contributed by atoms with Crippen molar-refractivity contribution in [3.63, 3.8) is 0 Å². The molecule has 0 atom stereocenters. The zero-order valence-electron chi connectivity index (χ0n) is 9.97. The highest BCUT2D eigenvalue weighted by Crippen LogP contribution is 2.21. The average molecular weight is 278 g/mol. The van der Waals surface area contributed by atoms with Crippen LogP contribution in [0.15, 0.2) is 42.5 Å². The number of rotatable bonds is 4. The molecule has 0 aliphatic heterocycles. The molecule has 19 heavy (non-hydrogen) atoms. The molecule has 0 fully saturated rings. The quantitative estimate of drug-likeness (QED) is 0.902. The number of halogens is 1. The van der Waals surface area contributed by atoms with Crippen LogP contribution in [0.1, 0.15) is 15.9 Å². The van der Waals surface area contributed by atoms with E-state index in [1.807, 2.05) is 0 Å². The molecule has 0 saturated heterocycles. The van der Waals surface area contributed by atoms with Crippen LogP contribution in [-0.2, 0) is 6.61 Å². The first-order valence-corrected chi connectivity index (χ1v) is 5.94. The number of hydrogen-bond donors (Lipinski definition) is 2. The van der Waals surface area contributed by atoms with Gasteiger partial charge in [0.25, 0.3) is 0 Å². The Labute approximate surface area is 115 Å². The molecule has 0 bridgehead atoms. The molecule has 3 N–H and O–H groups in total. The average Bonchev–Trinajstić information content (AvgIpc) is 2.39. The van der Waals surface area contributed by atoms with Gasteiger partial charge in [-0.05, 0) is 36.4 Å². The molecule has 98 valence electrons. The van der Waals surface area contributed by atoms with E-state index < -0.39 is 5.91 Å². The standard InChI is InChI=1S/C14H12ClNO3/c15-13-7-9(14(16)18)1-2-10(13)8-19-12-5-3-11(17)4-6-12/h1-7,17H,8H2,(H2,16,18). The summed E-state index contributed by atoms with van der Waals surface area (Å²) in [4.78, 5) is 11.0. The van der Waals surface area contributed by atoms with Gasteiger partial charge in [-0.25, -0.2) is 0 Å². The second kappa shape index (κ2) is 5.63. The number of carbonyl (C=O) groups is 1. The maximum absolute atomic E-state index is 11.0. The third kappa shape index (κ3) is 3.39. The first kappa shape index (κ1) is 13.2. The molecule has 0 aliphatic rings. The Bertz CT molecular complexity index is 596. The number of phenols is 1. The summed E-state index contributed by atoms with van der Waals surface area (Å²) < 4.78 is 5.52. The van der Waals surface area contributed by atoms with Crippen molar-refractivity contribution < 1.29 is 14.6 Å². The van der Waals surface area contributed by atoms with Gasteiger partial charge in [-0.1, -0.05) is 17.7 Å². The summed E-state index contributed by atoms with van der Waals surface area (Å²) >= 11 is 6.04. The Morgan fingerprint density at radius 1 is 1.21 bits per heavy atom. The highest BCUT2D eigenvalue weighted by molar-refractivity contribution is 6.31. The van der Waals surface area contributed by atoms with Crippen LogP contribution in [0.2, 0.25) is 5.02 Å². The Kier molecular flexibility index (Phi) is 3.92. The molecular weight excluding hydrogens is 266 g/mol. The van der Waals surface area contributed by atoms with E-state index in [1.54, 1.807) is 24.3 Å². The number of hydrogen-bond acceptors (Lipinski definition) is 3. The lowest BCUT2D eigenvalue weighted by molar-refractivity contribution is 0.1000. The van der Waals surface area contributed by atoms with Gasteiger partial charge < -0.3 is 15.6 Å². The van der Waals surface area contributed by atoms with E-state index in [2.05, 4.69) is 0 Å². The molecule has 0 aliphatic carbocycles. The van der Waals surface area contributed by atoms with Gasteiger partial charge in [-0.3, -0.25) is 4.79 Å². The number of phenolic OH excluding ortho intramolecular Hbond substituents is 1. The number of benzene rings is 2. The van der Waals surface area contributed by atoms with Gasteiger partial charge in [0.1, 0.15) is 18.1 Å². The molecule has 2 rings (SSSR count). The van der Waals surface area contributed by atoms with Crippen molar-refractivity contribution in [1.82, 2.24) is 0 Å². The molecule has 0 aromatic heterocycles. The Balaban J connectivity index is 2.07. The first-order valence-electron chi connectivity index (χ1n) is 5.56. The second-order valence-electron chi connectivity index (χ2n) is 3.95. The van der Waals surface area contributed by atoms with Crippen LogP contribution >= 0.6 is 11.6 Å². The molecular formula is C14H12ClNO3. The summed E-state index contributed by atoms with van der Waals surface area (Å²) in [6.45, 7) is 0.267. The fraction of sp³-hybridized carbons (Fsp3) is 0.0714. The number of nitrogens with two attached hydrogens (primary N) is 1. The summed E-state index contributed by atoms with van der Waals surface area (Å²) in [5.41, 5.74) is 6.27. The second-order valence-corrected chi connectivity index (χ2v) is 4.36. The van der Waals surface area contributed by atoms with Crippen molar-refractivity contribution in [2.45, 2.75) is 6.61 Å². The minimum absolute atomic E-state index is 0.177. The summed E-state index contributed by atoms with van der Waals surface area (Å²) in [5.74, 6) is 0.275. The molecule has 0 spiro atoms. The monoisotopic (exact) mass is 277 g/mol. The predicted molar refractivity (Wildman–Crippen MR) is 72.4 cm³/mol. The van der Waals surface area contributed by atoms with Crippen LogP contribution in [-0.4, -0.2) is 11.0 Å². The van der Waals surface area contributed by atoms with Gasteiger partial charge in [-0.2, -0.15) is 0 Å². The molecule has 2 aromatic carbocycles. The van der Waals surface area contributed by atoms with Crippen molar-refractivity contribution in [3.8, 4) is 11.5 Å². The molecule has 1 amide bonds. The van der Waals surface area contributed by atoms with Crippen molar-refractivity contribution in [2.24, 2.45) is 5.73 Å². The summed E-state index contributed by atoms with van der Waals surface area (Å²) in [5, 5.41) is 9.57. The predicted octanol–water partition coefficient (Wildman–Crippen LogP) is 2.72. The van der Waals surface area contributed by atoms with Gasteiger partial charge in [0, 0.05) is 16.1 Å². The number of primary amides is 1. The van der Waals surface area contributed by atoms with Crippen molar-refractivity contribution in [1.29, 1.82) is 0 Å². The zero-order chi connectivity index (χ0) is 13.8.